The van der Waals surface area contributed by atoms with E-state index in [1.807, 2.05) is 32.6 Å². The topological polar surface area (TPSA) is 78.5 Å². The van der Waals surface area contributed by atoms with Gasteiger partial charge in [-0.05, 0) is 13.0 Å². The van der Waals surface area contributed by atoms with Crippen LogP contribution in [0, 0.1) is 30.0 Å². The first-order valence-corrected chi connectivity index (χ1v) is 11.8. The standard InChI is InChI=1S/C26H31BFN3O3/c1-15-21(9-10-33-15)16-5-6-17(22(28)13-16)11-19(14-29)30-24(32)23-18-7-8-20(12-18)31(23)25(27)34-26(2,3)4/h5-6,9-10,13,18-20,23,27H,7-8,11-12H2,1-4H3,(H,30,32)/t18?,19?,20-,23+/m1/s1. The van der Waals surface area contributed by atoms with E-state index in [-0.39, 0.29) is 24.3 Å². The zero-order valence-electron chi connectivity index (χ0n) is 20.2. The van der Waals surface area contributed by atoms with Crippen molar-refractivity contribution in [2.75, 3.05) is 0 Å². The molecule has 2 bridgehead atoms. The zero-order chi connectivity index (χ0) is 24.6. The van der Waals surface area contributed by atoms with E-state index in [4.69, 9.17) is 9.15 Å². The molecule has 0 spiro atoms. The molecule has 2 aliphatic rings. The predicted octanol–water partition coefficient (Wildman–Crippen LogP) is 3.60. The number of carbonyl (C=O) groups is 1. The van der Waals surface area contributed by atoms with Gasteiger partial charge in [0, 0.05) is 0 Å². The molecule has 1 saturated heterocycles. The Morgan fingerprint density at radius 2 is 2.15 bits per heavy atom. The molecule has 1 aliphatic carbocycles. The molecular formula is C26H31BFN3O3. The predicted molar refractivity (Wildman–Crippen MR) is 130 cm³/mol. The second-order valence-electron chi connectivity index (χ2n) is 10.3. The molecule has 4 rings (SSSR count). The quantitative estimate of drug-likeness (QED) is 0.635. The molecule has 4 atom stereocenters. The summed E-state index contributed by atoms with van der Waals surface area (Å²) in [5.74, 6) is 0.745. The summed E-state index contributed by atoms with van der Waals surface area (Å²) >= 11 is 0. The SMILES string of the molecule is B=C(OC(C)(C)C)N1[C@@H]2CCC(C2)[C@H]1C(=O)NC(C#N)Cc1ccc(-c2ccoc2C)cc1F. The van der Waals surface area contributed by atoms with Crippen molar-refractivity contribution in [1.82, 2.24) is 10.2 Å². The average Bonchev–Trinajstić information content (AvgIpc) is 3.49. The van der Waals surface area contributed by atoms with Gasteiger partial charge in [0.2, 0.25) is 0 Å². The number of fused-ring (bicyclic) bond motifs is 2. The van der Waals surface area contributed by atoms with Crippen LogP contribution in [0.3, 0.4) is 0 Å². The van der Waals surface area contributed by atoms with Crippen LogP contribution in [0.25, 0.3) is 11.1 Å². The summed E-state index contributed by atoms with van der Waals surface area (Å²) in [6, 6.07) is 7.76. The van der Waals surface area contributed by atoms with Crippen LogP contribution in [0.4, 0.5) is 4.39 Å². The Kier molecular flexibility index (Phi) is 6.57. The number of nitriles is 1. The van der Waals surface area contributed by atoms with Gasteiger partial charge in [-0.25, -0.2) is 0 Å². The molecule has 0 radical (unpaired) electrons. The summed E-state index contributed by atoms with van der Waals surface area (Å²) in [5, 5.41) is 12.6. The van der Waals surface area contributed by atoms with Crippen molar-refractivity contribution in [3.8, 4) is 17.2 Å². The first-order chi connectivity index (χ1) is 16.1. The summed E-state index contributed by atoms with van der Waals surface area (Å²) in [6.45, 7) is 7.66. The third-order valence-corrected chi connectivity index (χ3v) is 6.68. The Hall–Kier alpha value is -3.08. The molecule has 1 aliphatic heterocycles. The van der Waals surface area contributed by atoms with Crippen molar-refractivity contribution in [2.45, 2.75) is 77.1 Å². The number of piperidine rings is 1. The van der Waals surface area contributed by atoms with Crippen molar-refractivity contribution in [3.05, 3.63) is 47.7 Å². The van der Waals surface area contributed by atoms with Crippen LogP contribution in [-0.2, 0) is 16.0 Å². The fraction of sp³-hybridized carbons (Fsp3) is 0.500. The van der Waals surface area contributed by atoms with Crippen molar-refractivity contribution >= 4 is 19.2 Å². The van der Waals surface area contributed by atoms with Crippen LogP contribution in [-0.4, -0.2) is 47.8 Å². The summed E-state index contributed by atoms with van der Waals surface area (Å²) in [4.78, 5) is 15.3. The summed E-state index contributed by atoms with van der Waals surface area (Å²) in [5.41, 5.74) is 1.49. The Morgan fingerprint density at radius 1 is 1.38 bits per heavy atom. The van der Waals surface area contributed by atoms with Gasteiger partial charge >= 0.3 is 171 Å². The van der Waals surface area contributed by atoms with Crippen LogP contribution in [0.5, 0.6) is 0 Å². The van der Waals surface area contributed by atoms with Crippen molar-refractivity contribution in [2.24, 2.45) is 5.92 Å². The molecule has 8 heteroatoms. The normalized spacial score (nSPS) is 22.3. The van der Waals surface area contributed by atoms with E-state index < -0.39 is 23.5 Å². The van der Waals surface area contributed by atoms with Crippen molar-refractivity contribution in [3.63, 3.8) is 0 Å². The number of halogens is 1. The van der Waals surface area contributed by atoms with Crippen LogP contribution < -0.4 is 5.32 Å². The molecule has 2 heterocycles. The average molecular weight is 463 g/mol. The summed E-state index contributed by atoms with van der Waals surface area (Å²) in [7, 11) is 4.09. The maximum atomic E-state index is 14.9. The van der Waals surface area contributed by atoms with Crippen LogP contribution in [0.15, 0.2) is 34.9 Å². The van der Waals surface area contributed by atoms with Gasteiger partial charge in [0.1, 0.15) is 5.76 Å². The number of ether oxygens (including phenoxy) is 1. The van der Waals surface area contributed by atoms with E-state index in [1.54, 1.807) is 24.5 Å². The number of carbonyl (C=O) groups excluding carboxylic acids is 1. The Morgan fingerprint density at radius 3 is 2.76 bits per heavy atom. The van der Waals surface area contributed by atoms with Gasteiger partial charge in [0.25, 0.3) is 0 Å². The van der Waals surface area contributed by atoms with Crippen molar-refractivity contribution in [1.29, 1.82) is 5.26 Å². The Bertz CT molecular complexity index is 1130. The molecule has 1 aromatic heterocycles. The summed E-state index contributed by atoms with van der Waals surface area (Å²) < 4.78 is 26.1. The number of rotatable bonds is 7. The number of aryl methyl sites for hydroxylation is 1. The van der Waals surface area contributed by atoms with E-state index in [9.17, 15) is 14.4 Å². The van der Waals surface area contributed by atoms with E-state index in [0.717, 1.165) is 24.8 Å². The van der Waals surface area contributed by atoms with Crippen LogP contribution in [0.1, 0.15) is 51.4 Å². The maximum absolute atomic E-state index is 14.9. The molecule has 1 amide bonds. The number of furan rings is 1. The number of nitrogens with one attached hydrogen (secondary N) is 1. The molecule has 1 aromatic carbocycles. The molecule has 1 saturated carbocycles. The number of hydrogen-bond acceptors (Lipinski definition) is 5. The molecule has 2 unspecified atom stereocenters. The molecule has 178 valence electrons. The van der Waals surface area contributed by atoms with Gasteiger partial charge in [-0.1, -0.05) is 0 Å². The van der Waals surface area contributed by atoms with E-state index in [2.05, 4.69) is 18.9 Å². The van der Waals surface area contributed by atoms with Gasteiger partial charge in [0.05, 0.1) is 6.26 Å². The minimum absolute atomic E-state index is 0.0823. The number of nitrogens with zero attached hydrogens (tertiary/aromatic N) is 2. The number of amides is 1. The molecule has 2 fully saturated rings. The minimum atomic E-state index is -0.846. The second kappa shape index (κ2) is 9.29. The Balaban J connectivity index is 1.46. The molecule has 6 nitrogen and oxygen atoms in total. The van der Waals surface area contributed by atoms with Gasteiger partial charge in [-0.15, -0.1) is 0 Å². The first-order valence-electron chi connectivity index (χ1n) is 11.8. The zero-order valence-corrected chi connectivity index (χ0v) is 20.2. The summed E-state index contributed by atoms with van der Waals surface area (Å²) in [6.07, 6.45) is 4.52. The fourth-order valence-corrected chi connectivity index (χ4v) is 5.26. The number of benzene rings is 1. The first kappa shape index (κ1) is 24.1. The number of hydrogen-bond donors (Lipinski definition) is 1. The Labute approximate surface area is 201 Å². The number of likely N-dealkylation sites (tertiary alicyclic amines) is 1. The van der Waals surface area contributed by atoms with Crippen LogP contribution in [0.2, 0.25) is 0 Å². The third-order valence-electron chi connectivity index (χ3n) is 6.68. The second-order valence-corrected chi connectivity index (χ2v) is 10.3. The van der Waals surface area contributed by atoms with Gasteiger partial charge in [-0.2, -0.15) is 0 Å². The van der Waals surface area contributed by atoms with Gasteiger partial charge in [-0.3, -0.25) is 0 Å². The van der Waals surface area contributed by atoms with Gasteiger partial charge < -0.3 is 4.42 Å². The van der Waals surface area contributed by atoms with Gasteiger partial charge in [0.15, 0.2) is 0 Å². The van der Waals surface area contributed by atoms with Crippen molar-refractivity contribution < 1.29 is 18.3 Å². The molecule has 2 aromatic rings. The fourth-order valence-electron chi connectivity index (χ4n) is 5.26. The monoisotopic (exact) mass is 463 g/mol. The third kappa shape index (κ3) is 4.89. The van der Waals surface area contributed by atoms with E-state index >= 15 is 0 Å². The van der Waals surface area contributed by atoms with E-state index in [1.165, 1.54) is 6.07 Å². The van der Waals surface area contributed by atoms with Crippen LogP contribution >= 0.6 is 0 Å². The molecule has 1 N–H and O–H groups in total. The van der Waals surface area contributed by atoms with E-state index in [0.29, 0.717) is 22.7 Å². The molecular weight excluding hydrogens is 432 g/mol. The molecule has 34 heavy (non-hydrogen) atoms.